The van der Waals surface area contributed by atoms with Gasteiger partial charge in [-0.2, -0.15) is 0 Å². The zero-order chi connectivity index (χ0) is 6.69. The summed E-state index contributed by atoms with van der Waals surface area (Å²) < 4.78 is 1.11. The van der Waals surface area contributed by atoms with Gasteiger partial charge < -0.3 is 0 Å². The van der Waals surface area contributed by atoms with E-state index >= 15 is 0 Å². The Hall–Kier alpha value is 0.229. The molecule has 9 heavy (non-hydrogen) atoms. The van der Waals surface area contributed by atoms with Gasteiger partial charge in [0.05, 0.1) is 0 Å². The van der Waals surface area contributed by atoms with E-state index in [1.807, 2.05) is 12.3 Å². The first kappa shape index (κ1) is 7.34. The van der Waals surface area contributed by atoms with Crippen molar-refractivity contribution in [2.24, 2.45) is 0 Å². The average Bonchev–Trinajstić information content (AvgIpc) is 1.88. The Morgan fingerprint density at radius 1 is 1.67 bits per heavy atom. The third kappa shape index (κ3) is 2.13. The van der Waals surface area contributed by atoms with Gasteiger partial charge in [0.1, 0.15) is 0 Å². The number of rotatable bonds is 1. The molecule has 0 saturated carbocycles. The predicted molar refractivity (Wildman–Crippen MR) is 39.2 cm³/mol. The standard InChI is InChI=1S/C5H5N2S.Sn/c1-8-5-6-3-2-4-7-5;/h2-3H,1H3;. The van der Waals surface area contributed by atoms with E-state index in [2.05, 4.69) is 9.97 Å². The molecule has 45 valence electrons. The summed E-state index contributed by atoms with van der Waals surface area (Å²) in [4.78, 5) is 8.21. The molecule has 1 aromatic rings. The van der Waals surface area contributed by atoms with Gasteiger partial charge in [0.2, 0.25) is 0 Å². The Kier molecular flexibility index (Phi) is 2.78. The summed E-state index contributed by atoms with van der Waals surface area (Å²) in [5.41, 5.74) is 0. The topological polar surface area (TPSA) is 25.8 Å². The molecule has 0 atom stereocenters. The second-order valence-corrected chi connectivity index (χ2v) is 3.66. The molecule has 0 fully saturated rings. The normalized spacial score (nSPS) is 9.56. The van der Waals surface area contributed by atoms with Crippen molar-refractivity contribution in [2.75, 3.05) is 6.26 Å². The van der Waals surface area contributed by atoms with Crippen LogP contribution in [0.3, 0.4) is 0 Å². The van der Waals surface area contributed by atoms with Crippen LogP contribution in [0.4, 0.5) is 0 Å². The van der Waals surface area contributed by atoms with E-state index in [1.54, 1.807) is 18.0 Å². The van der Waals surface area contributed by atoms with E-state index in [1.165, 1.54) is 22.5 Å². The van der Waals surface area contributed by atoms with Gasteiger partial charge in [-0.1, -0.05) is 0 Å². The molecule has 3 radical (unpaired) electrons. The number of aromatic nitrogens is 2. The number of hydrogen-bond acceptors (Lipinski definition) is 3. The van der Waals surface area contributed by atoms with Crippen LogP contribution >= 0.6 is 11.8 Å². The molecular weight excluding hydrogens is 239 g/mol. The summed E-state index contributed by atoms with van der Waals surface area (Å²) >= 11 is 2.92. The third-order valence-corrected chi connectivity index (χ3v) is 2.17. The van der Waals surface area contributed by atoms with E-state index in [4.69, 9.17) is 0 Å². The van der Waals surface area contributed by atoms with Gasteiger partial charge in [0.15, 0.2) is 0 Å². The molecule has 0 bridgehead atoms. The van der Waals surface area contributed by atoms with E-state index in [9.17, 15) is 0 Å². The van der Waals surface area contributed by atoms with Crippen molar-refractivity contribution in [2.45, 2.75) is 5.16 Å². The molecular formula is C5H5N2SSn. The van der Waals surface area contributed by atoms with Crippen molar-refractivity contribution in [3.05, 3.63) is 12.3 Å². The van der Waals surface area contributed by atoms with Gasteiger partial charge in [0, 0.05) is 0 Å². The first-order chi connectivity index (χ1) is 4.33. The maximum atomic E-state index is 4.18. The molecule has 0 amide bonds. The van der Waals surface area contributed by atoms with Crippen LogP contribution in [0.25, 0.3) is 0 Å². The Labute approximate surface area is 71.6 Å². The van der Waals surface area contributed by atoms with E-state index in [-0.39, 0.29) is 0 Å². The van der Waals surface area contributed by atoms with Crippen LogP contribution < -0.4 is 3.71 Å². The van der Waals surface area contributed by atoms with Crippen molar-refractivity contribution in [3.8, 4) is 0 Å². The summed E-state index contributed by atoms with van der Waals surface area (Å²) in [5, 5.41) is 0.865. The quantitative estimate of drug-likeness (QED) is 0.394. The fourth-order valence-corrected chi connectivity index (χ4v) is 1.54. The van der Waals surface area contributed by atoms with E-state index < -0.39 is 0 Å². The molecule has 0 unspecified atom stereocenters. The minimum absolute atomic E-state index is 0.865. The Morgan fingerprint density at radius 3 is 2.89 bits per heavy atom. The summed E-state index contributed by atoms with van der Waals surface area (Å²) in [6.45, 7) is 0. The van der Waals surface area contributed by atoms with Crippen molar-refractivity contribution in [1.29, 1.82) is 0 Å². The van der Waals surface area contributed by atoms with Gasteiger partial charge >= 0.3 is 71.6 Å². The zero-order valence-corrected chi connectivity index (χ0v) is 8.63. The Bertz CT molecular complexity index is 204. The van der Waals surface area contributed by atoms with Crippen molar-refractivity contribution < 1.29 is 0 Å². The van der Waals surface area contributed by atoms with Crippen LogP contribution in [0.1, 0.15) is 0 Å². The number of nitrogens with zero attached hydrogens (tertiary/aromatic N) is 2. The molecule has 0 aromatic carbocycles. The van der Waals surface area contributed by atoms with Crippen LogP contribution in [-0.2, 0) is 0 Å². The van der Waals surface area contributed by atoms with Crippen molar-refractivity contribution in [1.82, 2.24) is 9.97 Å². The minimum atomic E-state index is 0.865. The second kappa shape index (κ2) is 3.41. The van der Waals surface area contributed by atoms with Crippen LogP contribution in [0.5, 0.6) is 0 Å². The fourth-order valence-electron chi connectivity index (χ4n) is 0.439. The molecule has 0 aliphatic heterocycles. The van der Waals surface area contributed by atoms with Gasteiger partial charge in [-0.3, -0.25) is 0 Å². The third-order valence-electron chi connectivity index (χ3n) is 0.816. The summed E-state index contributed by atoms with van der Waals surface area (Å²) in [6.07, 6.45) is 3.77. The SMILES string of the molecule is CSc1ncc[c]([Sn])n1. The Balaban J connectivity index is 2.94. The van der Waals surface area contributed by atoms with Crippen LogP contribution in [0.2, 0.25) is 0 Å². The molecule has 0 aliphatic carbocycles. The second-order valence-electron chi connectivity index (χ2n) is 1.43. The molecule has 0 N–H and O–H groups in total. The monoisotopic (exact) mass is 245 g/mol. The fraction of sp³-hybridized carbons (Fsp3) is 0.200. The van der Waals surface area contributed by atoms with Gasteiger partial charge in [-0.05, 0) is 0 Å². The summed E-state index contributed by atoms with van der Waals surface area (Å²) in [7, 11) is 0. The molecule has 1 aromatic heterocycles. The van der Waals surface area contributed by atoms with Crippen LogP contribution in [0, 0.1) is 0 Å². The van der Waals surface area contributed by atoms with E-state index in [0.717, 1.165) is 8.87 Å². The van der Waals surface area contributed by atoms with Gasteiger partial charge in [-0.15, -0.1) is 0 Å². The molecule has 0 spiro atoms. The summed E-state index contributed by atoms with van der Waals surface area (Å²) in [5.74, 6) is 0. The first-order valence-corrected chi connectivity index (χ1v) is 5.07. The van der Waals surface area contributed by atoms with Gasteiger partial charge in [0.25, 0.3) is 0 Å². The van der Waals surface area contributed by atoms with Gasteiger partial charge in [-0.25, -0.2) is 0 Å². The molecule has 2 nitrogen and oxygen atoms in total. The molecule has 0 saturated heterocycles. The number of thioether (sulfide) groups is 1. The van der Waals surface area contributed by atoms with Crippen LogP contribution in [-0.4, -0.2) is 38.7 Å². The number of hydrogen-bond donors (Lipinski definition) is 0. The zero-order valence-electron chi connectivity index (χ0n) is 4.96. The molecule has 1 heterocycles. The first-order valence-electron chi connectivity index (χ1n) is 2.41. The molecule has 0 aliphatic rings. The maximum absolute atomic E-state index is 4.18. The summed E-state index contributed by atoms with van der Waals surface area (Å²) in [6, 6.07) is 1.93. The van der Waals surface area contributed by atoms with Crippen LogP contribution in [0.15, 0.2) is 17.4 Å². The predicted octanol–water partition coefficient (Wildman–Crippen LogP) is -0.00770. The molecule has 4 heteroatoms. The molecule has 1 rings (SSSR count). The van der Waals surface area contributed by atoms with Crippen molar-refractivity contribution >= 4 is 38.0 Å². The van der Waals surface area contributed by atoms with E-state index in [0.29, 0.717) is 0 Å². The van der Waals surface area contributed by atoms with Crippen molar-refractivity contribution in [3.63, 3.8) is 0 Å². The average molecular weight is 244 g/mol. The Morgan fingerprint density at radius 2 is 2.44 bits per heavy atom.